The molecule has 82 valence electrons. The van der Waals surface area contributed by atoms with Crippen molar-refractivity contribution in [2.75, 3.05) is 6.54 Å². The van der Waals surface area contributed by atoms with Crippen molar-refractivity contribution in [3.05, 3.63) is 23.7 Å². The van der Waals surface area contributed by atoms with Gasteiger partial charge in [-0.15, -0.1) is 0 Å². The Labute approximate surface area is 91.0 Å². The van der Waals surface area contributed by atoms with Crippen LogP contribution in [0.3, 0.4) is 0 Å². The predicted octanol–water partition coefficient (Wildman–Crippen LogP) is 2.83. The molecule has 0 aromatic carbocycles. The zero-order chi connectivity index (χ0) is 10.3. The van der Waals surface area contributed by atoms with Crippen LogP contribution in [0.5, 0.6) is 0 Å². The van der Waals surface area contributed by atoms with E-state index in [2.05, 4.69) is 18.3 Å². The van der Waals surface area contributed by atoms with Gasteiger partial charge in [0.15, 0.2) is 0 Å². The summed E-state index contributed by atoms with van der Waals surface area (Å²) in [5.41, 5.74) is 1.63. The first-order chi connectivity index (χ1) is 7.37. The Bertz CT molecular complexity index is 353. The van der Waals surface area contributed by atoms with Gasteiger partial charge in [-0.3, -0.25) is 0 Å². The zero-order valence-corrected chi connectivity index (χ0v) is 9.38. The molecule has 0 radical (unpaired) electrons. The van der Waals surface area contributed by atoms with Crippen LogP contribution in [0.15, 0.2) is 16.7 Å². The summed E-state index contributed by atoms with van der Waals surface area (Å²) in [6.45, 7) is 3.38. The van der Waals surface area contributed by atoms with E-state index in [-0.39, 0.29) is 5.54 Å². The molecular weight excluding hydrogens is 186 g/mol. The third kappa shape index (κ3) is 1.35. The maximum atomic E-state index is 5.76. The molecule has 1 N–H and O–H groups in total. The zero-order valence-electron chi connectivity index (χ0n) is 9.38. The van der Waals surface area contributed by atoms with Gasteiger partial charge < -0.3 is 9.73 Å². The molecule has 0 spiro atoms. The van der Waals surface area contributed by atoms with Crippen LogP contribution >= 0.6 is 0 Å². The van der Waals surface area contributed by atoms with E-state index < -0.39 is 0 Å². The largest absolute Gasteiger partial charge is 0.467 e. The van der Waals surface area contributed by atoms with Gasteiger partial charge in [0.2, 0.25) is 0 Å². The van der Waals surface area contributed by atoms with Crippen LogP contribution in [-0.2, 0) is 12.0 Å². The molecule has 1 saturated carbocycles. The van der Waals surface area contributed by atoms with Crippen molar-refractivity contribution >= 4 is 0 Å². The van der Waals surface area contributed by atoms with Crippen molar-refractivity contribution in [1.82, 2.24) is 5.32 Å². The molecule has 1 aliphatic heterocycles. The molecule has 2 aliphatic rings. The number of hydrogen-bond acceptors (Lipinski definition) is 2. The minimum absolute atomic E-state index is 0.186. The van der Waals surface area contributed by atoms with Gasteiger partial charge in [0.1, 0.15) is 5.76 Å². The Morgan fingerprint density at radius 1 is 1.53 bits per heavy atom. The van der Waals surface area contributed by atoms with Crippen molar-refractivity contribution in [3.8, 4) is 0 Å². The molecular formula is C13H19NO. The van der Waals surface area contributed by atoms with Crippen molar-refractivity contribution in [2.24, 2.45) is 5.92 Å². The first kappa shape index (κ1) is 9.46. The first-order valence-corrected chi connectivity index (χ1v) is 6.18. The van der Waals surface area contributed by atoms with Gasteiger partial charge in [-0.2, -0.15) is 0 Å². The first-order valence-electron chi connectivity index (χ1n) is 6.18. The SMILES string of the molecule is CCCC1(C2CC2)NCCc2ccoc21. The molecule has 2 nitrogen and oxygen atoms in total. The summed E-state index contributed by atoms with van der Waals surface area (Å²) < 4.78 is 5.76. The summed E-state index contributed by atoms with van der Waals surface area (Å²) >= 11 is 0. The molecule has 1 unspecified atom stereocenters. The molecule has 1 aromatic rings. The highest BCUT2D eigenvalue weighted by Gasteiger charge is 2.49. The maximum absolute atomic E-state index is 5.76. The van der Waals surface area contributed by atoms with Crippen molar-refractivity contribution in [1.29, 1.82) is 0 Å². The standard InChI is InChI=1S/C13H19NO/c1-2-7-13(11-3-4-11)12-10(5-8-14-13)6-9-15-12/h6,9,11,14H,2-5,7-8H2,1H3. The third-order valence-electron chi connectivity index (χ3n) is 3.91. The smallest absolute Gasteiger partial charge is 0.127 e. The summed E-state index contributed by atoms with van der Waals surface area (Å²) in [5, 5.41) is 3.74. The number of fused-ring (bicyclic) bond motifs is 1. The quantitative estimate of drug-likeness (QED) is 0.820. The van der Waals surface area contributed by atoms with E-state index in [9.17, 15) is 0 Å². The summed E-state index contributed by atoms with van der Waals surface area (Å²) in [6, 6.07) is 2.16. The van der Waals surface area contributed by atoms with Gasteiger partial charge >= 0.3 is 0 Å². The second-order valence-electron chi connectivity index (χ2n) is 4.95. The lowest BCUT2D eigenvalue weighted by Gasteiger charge is -2.37. The Morgan fingerprint density at radius 3 is 3.13 bits per heavy atom. The van der Waals surface area contributed by atoms with Crippen molar-refractivity contribution in [2.45, 2.75) is 44.6 Å². The fourth-order valence-electron chi connectivity index (χ4n) is 3.13. The van der Waals surface area contributed by atoms with Crippen molar-refractivity contribution < 1.29 is 4.42 Å². The molecule has 0 amide bonds. The Hall–Kier alpha value is -0.760. The molecule has 3 rings (SSSR count). The highest BCUT2D eigenvalue weighted by Crippen LogP contribution is 2.50. The van der Waals surface area contributed by atoms with Crippen LogP contribution in [-0.4, -0.2) is 6.54 Å². The molecule has 2 heterocycles. The normalized spacial score (nSPS) is 30.2. The van der Waals surface area contributed by atoms with E-state index >= 15 is 0 Å². The third-order valence-corrected chi connectivity index (χ3v) is 3.91. The van der Waals surface area contributed by atoms with Crippen LogP contribution < -0.4 is 5.32 Å². The van der Waals surface area contributed by atoms with E-state index in [4.69, 9.17) is 4.42 Å². The highest BCUT2D eigenvalue weighted by molar-refractivity contribution is 5.30. The van der Waals surface area contributed by atoms with E-state index in [1.54, 1.807) is 0 Å². The van der Waals surface area contributed by atoms with E-state index in [1.165, 1.54) is 37.0 Å². The molecule has 2 heteroatoms. The van der Waals surface area contributed by atoms with Crippen LogP contribution in [0.2, 0.25) is 0 Å². The number of nitrogens with one attached hydrogen (secondary N) is 1. The monoisotopic (exact) mass is 205 g/mol. The minimum atomic E-state index is 0.186. The van der Waals surface area contributed by atoms with Gasteiger partial charge in [-0.1, -0.05) is 13.3 Å². The van der Waals surface area contributed by atoms with E-state index in [1.807, 2.05) is 6.26 Å². The Kier molecular flexibility index (Phi) is 2.13. The second kappa shape index (κ2) is 3.38. The minimum Gasteiger partial charge on any atom is -0.467 e. The number of rotatable bonds is 3. The lowest BCUT2D eigenvalue weighted by atomic mass is 9.80. The summed E-state index contributed by atoms with van der Waals surface area (Å²) in [5.74, 6) is 2.07. The number of hydrogen-bond donors (Lipinski definition) is 1. The average Bonchev–Trinajstić information content (AvgIpc) is 2.98. The molecule has 1 aromatic heterocycles. The van der Waals surface area contributed by atoms with Gasteiger partial charge in [0, 0.05) is 6.54 Å². The Balaban J connectivity index is 2.02. The van der Waals surface area contributed by atoms with Gasteiger partial charge in [-0.05, 0) is 43.2 Å². The van der Waals surface area contributed by atoms with Crippen LogP contribution in [0, 0.1) is 5.92 Å². The van der Waals surface area contributed by atoms with Crippen LogP contribution in [0.1, 0.15) is 43.9 Å². The highest BCUT2D eigenvalue weighted by atomic mass is 16.3. The van der Waals surface area contributed by atoms with Crippen LogP contribution in [0.4, 0.5) is 0 Å². The topological polar surface area (TPSA) is 25.2 Å². The van der Waals surface area contributed by atoms with Gasteiger partial charge in [-0.25, -0.2) is 0 Å². The van der Waals surface area contributed by atoms with E-state index in [0.29, 0.717) is 0 Å². The van der Waals surface area contributed by atoms with E-state index in [0.717, 1.165) is 18.9 Å². The lowest BCUT2D eigenvalue weighted by molar-refractivity contribution is 0.201. The van der Waals surface area contributed by atoms with Crippen molar-refractivity contribution in [3.63, 3.8) is 0 Å². The molecule has 1 atom stereocenters. The fraction of sp³-hybridized carbons (Fsp3) is 0.692. The second-order valence-corrected chi connectivity index (χ2v) is 4.95. The lowest BCUT2D eigenvalue weighted by Crippen LogP contribution is -2.48. The average molecular weight is 205 g/mol. The summed E-state index contributed by atoms with van der Waals surface area (Å²) in [7, 11) is 0. The predicted molar refractivity (Wildman–Crippen MR) is 59.7 cm³/mol. The van der Waals surface area contributed by atoms with Gasteiger partial charge in [0.25, 0.3) is 0 Å². The molecule has 1 aliphatic carbocycles. The van der Waals surface area contributed by atoms with Crippen LogP contribution in [0.25, 0.3) is 0 Å². The summed E-state index contributed by atoms with van der Waals surface area (Å²) in [6.07, 6.45) is 8.18. The van der Waals surface area contributed by atoms with Gasteiger partial charge in [0.05, 0.1) is 11.8 Å². The Morgan fingerprint density at radius 2 is 2.40 bits per heavy atom. The maximum Gasteiger partial charge on any atom is 0.127 e. The molecule has 1 fully saturated rings. The summed E-state index contributed by atoms with van der Waals surface area (Å²) in [4.78, 5) is 0. The molecule has 15 heavy (non-hydrogen) atoms. The number of furan rings is 1. The molecule has 0 saturated heterocycles. The molecule has 0 bridgehead atoms. The fourth-order valence-corrected chi connectivity index (χ4v) is 3.13.